The quantitative estimate of drug-likeness (QED) is 0.0870. The Hall–Kier alpha value is -6.74. The van der Waals surface area contributed by atoms with Gasteiger partial charge in [0.1, 0.15) is 17.5 Å². The molecular weight excluding hydrogens is 821 g/mol. The van der Waals surface area contributed by atoms with Crippen LogP contribution in [0.15, 0.2) is 97.1 Å². The Balaban J connectivity index is 0.000000281. The molecule has 15 nitrogen and oxygen atoms in total. The molecule has 0 fully saturated rings. The summed E-state index contributed by atoms with van der Waals surface area (Å²) in [5, 5.41) is 24.1. The third-order valence-corrected chi connectivity index (χ3v) is 10.3. The largest absolute Gasteiger partial charge is 0.508 e. The first-order valence-corrected chi connectivity index (χ1v) is 21.6. The zero-order valence-electron chi connectivity index (χ0n) is 37.0. The Kier molecular flexibility index (Phi) is 20.3. The van der Waals surface area contributed by atoms with Crippen LogP contribution in [-0.2, 0) is 25.5 Å². The van der Waals surface area contributed by atoms with E-state index >= 15 is 0 Å². The molecule has 15 heteroatoms. The molecule has 0 spiro atoms. The number of fused-ring (bicyclic) bond motifs is 11. The minimum absolute atomic E-state index is 0.0459. The van der Waals surface area contributed by atoms with Gasteiger partial charge < -0.3 is 44.9 Å². The number of carbonyl (C=O) groups excluding carboxylic acids is 6. The molecule has 4 N–H and O–H groups in total. The number of benzene rings is 4. The number of rotatable bonds is 14. The van der Waals surface area contributed by atoms with E-state index in [0.29, 0.717) is 67.9 Å². The van der Waals surface area contributed by atoms with Gasteiger partial charge in [0.15, 0.2) is 6.04 Å². The maximum atomic E-state index is 13.1. The topological polar surface area (TPSA) is 201 Å². The number of phenolic OH excluding ortho intramolecular Hbond substituents is 1. The summed E-state index contributed by atoms with van der Waals surface area (Å²) in [7, 11) is 2.50. The number of phenols is 1. The van der Waals surface area contributed by atoms with Gasteiger partial charge in [-0.05, 0) is 110 Å². The van der Waals surface area contributed by atoms with Gasteiger partial charge in [0.25, 0.3) is 23.6 Å². The zero-order chi connectivity index (χ0) is 46.4. The fraction of sp³-hybridized carbons (Fsp3) is 0.388. The first-order chi connectivity index (χ1) is 30.9. The average Bonchev–Trinajstić information content (AvgIpc) is 3.31. The summed E-state index contributed by atoms with van der Waals surface area (Å²) < 4.78 is 15.5. The van der Waals surface area contributed by atoms with Crippen molar-refractivity contribution in [1.82, 2.24) is 20.4 Å². The van der Waals surface area contributed by atoms with E-state index in [-0.39, 0.29) is 36.2 Å². The van der Waals surface area contributed by atoms with Gasteiger partial charge in [-0.3, -0.25) is 19.2 Å². The van der Waals surface area contributed by atoms with Gasteiger partial charge in [0.05, 0.1) is 20.8 Å². The van der Waals surface area contributed by atoms with Crippen molar-refractivity contribution < 1.29 is 53.2 Å². The number of methoxy groups -OCH3 is 2. The van der Waals surface area contributed by atoms with E-state index in [1.807, 2.05) is 43.0 Å². The van der Waals surface area contributed by atoms with Crippen LogP contribution in [0.2, 0.25) is 0 Å². The lowest BCUT2D eigenvalue weighted by molar-refractivity contribution is -0.143. The van der Waals surface area contributed by atoms with Gasteiger partial charge in [-0.2, -0.15) is 0 Å². The highest BCUT2D eigenvalue weighted by atomic mass is 16.5. The molecule has 342 valence electrons. The van der Waals surface area contributed by atoms with Crippen molar-refractivity contribution in [3.05, 3.63) is 130 Å². The normalized spacial score (nSPS) is 14.6. The van der Waals surface area contributed by atoms with Crippen molar-refractivity contribution in [2.24, 2.45) is 0 Å². The standard InChI is InChI=1S/C25H30N2O5.C24H30N2O6/c1-3-13-27-14-4-5-15-32-21-11-9-18(10-12-21)16-22(25(30)31-2)26-23(28)19-7-6-8-20(17-19)24(27)29;1-3-12-26(13-4-5-14-27)23(30)19-10-6-9-18(15-19)22(29)25-21(24(31)32-2)17-8-7-11-20(28)16-17/h6-12,17,22H,3-5,13-16H2,1-2H3,(H,26,28);6-11,15-16,21,27-28H,3-5,12-14H2,1-2H3,(H,25,29)/t;21-/m.0/s1. The van der Waals surface area contributed by atoms with Crippen LogP contribution < -0.4 is 15.4 Å². The van der Waals surface area contributed by atoms with Crippen LogP contribution in [-0.4, -0.2) is 115 Å². The molecule has 2 aliphatic heterocycles. The number of hydrogen-bond acceptors (Lipinski definition) is 11. The summed E-state index contributed by atoms with van der Waals surface area (Å²) in [5.74, 6) is -1.82. The van der Waals surface area contributed by atoms with E-state index in [1.165, 1.54) is 32.4 Å². The van der Waals surface area contributed by atoms with Gasteiger partial charge in [0, 0.05) is 61.5 Å². The van der Waals surface area contributed by atoms with Crippen molar-refractivity contribution in [3.8, 4) is 11.5 Å². The molecule has 1 unspecified atom stereocenters. The number of ether oxygens (including phenoxy) is 3. The van der Waals surface area contributed by atoms with Crippen LogP contribution in [0.25, 0.3) is 0 Å². The van der Waals surface area contributed by atoms with Gasteiger partial charge in [-0.1, -0.05) is 50.2 Å². The average molecular weight is 881 g/mol. The number of unbranched alkanes of at least 4 members (excludes halogenated alkanes) is 1. The van der Waals surface area contributed by atoms with Gasteiger partial charge in [0.2, 0.25) is 0 Å². The number of carbonyl (C=O) groups is 6. The lowest BCUT2D eigenvalue weighted by Crippen LogP contribution is -2.43. The first-order valence-electron chi connectivity index (χ1n) is 21.6. The summed E-state index contributed by atoms with van der Waals surface area (Å²) in [6, 6.07) is 24.4. The van der Waals surface area contributed by atoms with E-state index in [2.05, 4.69) is 10.6 Å². The van der Waals surface area contributed by atoms with E-state index in [9.17, 15) is 33.9 Å². The van der Waals surface area contributed by atoms with Gasteiger partial charge in [-0.15, -0.1) is 0 Å². The fourth-order valence-corrected chi connectivity index (χ4v) is 6.98. The summed E-state index contributed by atoms with van der Waals surface area (Å²) in [4.78, 5) is 79.9. The second kappa shape index (κ2) is 26.0. The van der Waals surface area contributed by atoms with Crippen molar-refractivity contribution in [2.45, 2.75) is 70.9 Å². The van der Waals surface area contributed by atoms with Crippen molar-refractivity contribution in [2.75, 3.05) is 53.6 Å². The fourth-order valence-electron chi connectivity index (χ4n) is 6.98. The number of esters is 2. The molecule has 4 amide bonds. The number of aromatic hydroxyl groups is 1. The molecular formula is C49H60N4O11. The lowest BCUT2D eigenvalue weighted by atomic mass is 10.0. The predicted molar refractivity (Wildman–Crippen MR) is 240 cm³/mol. The maximum absolute atomic E-state index is 13.1. The molecule has 0 aromatic heterocycles. The van der Waals surface area contributed by atoms with E-state index in [4.69, 9.17) is 19.3 Å². The maximum Gasteiger partial charge on any atom is 0.333 e. The first kappa shape index (κ1) is 49.9. The van der Waals surface area contributed by atoms with Crippen molar-refractivity contribution in [1.29, 1.82) is 0 Å². The Labute approximate surface area is 374 Å². The second-order valence-corrected chi connectivity index (χ2v) is 15.2. The third-order valence-electron chi connectivity index (χ3n) is 10.3. The number of aliphatic hydroxyl groups excluding tert-OH is 1. The van der Waals surface area contributed by atoms with Crippen LogP contribution in [0.3, 0.4) is 0 Å². The molecule has 4 aromatic carbocycles. The smallest absolute Gasteiger partial charge is 0.333 e. The molecule has 6 rings (SSSR count). The highest BCUT2D eigenvalue weighted by Gasteiger charge is 2.26. The Morgan fingerprint density at radius 2 is 1.56 bits per heavy atom. The zero-order valence-corrected chi connectivity index (χ0v) is 37.0. The second-order valence-electron chi connectivity index (χ2n) is 15.2. The number of hydrogen-bond donors (Lipinski definition) is 4. The third kappa shape index (κ3) is 15.0. The molecule has 2 atom stereocenters. The van der Waals surface area contributed by atoms with E-state index < -0.39 is 35.8 Å². The minimum Gasteiger partial charge on any atom is -0.508 e. The lowest BCUT2D eigenvalue weighted by Gasteiger charge is -2.23. The molecule has 2 aliphatic rings. The summed E-state index contributed by atoms with van der Waals surface area (Å²) in [6.07, 6.45) is 4.85. The van der Waals surface area contributed by atoms with Gasteiger partial charge >= 0.3 is 11.9 Å². The molecule has 0 saturated heterocycles. The van der Waals surface area contributed by atoms with Crippen molar-refractivity contribution in [3.63, 3.8) is 0 Å². The minimum atomic E-state index is -1.12. The molecule has 2 heterocycles. The molecule has 0 radical (unpaired) electrons. The Bertz CT molecular complexity index is 2180. The molecule has 4 aromatic rings. The summed E-state index contributed by atoms with van der Waals surface area (Å²) in [6.45, 7) is 6.99. The van der Waals surface area contributed by atoms with Crippen LogP contribution in [0.1, 0.15) is 111 Å². The van der Waals surface area contributed by atoms with E-state index in [0.717, 1.165) is 37.0 Å². The van der Waals surface area contributed by atoms with Crippen LogP contribution in [0.4, 0.5) is 0 Å². The number of amides is 4. The highest BCUT2D eigenvalue weighted by Crippen LogP contribution is 2.21. The number of nitrogens with one attached hydrogen (secondary N) is 2. The highest BCUT2D eigenvalue weighted by molar-refractivity contribution is 6.02. The molecule has 4 bridgehead atoms. The predicted octanol–water partition coefficient (Wildman–Crippen LogP) is 5.89. The summed E-state index contributed by atoms with van der Waals surface area (Å²) >= 11 is 0. The SMILES string of the molecule is CCCN(CCCCO)C(=O)c1cccc(C(=O)N[C@H](C(=O)OC)c2cccc(O)c2)c1.CCCN1CCCCOc2ccc(cc2)CC(C(=O)OC)NC(=O)c2cccc(c2)C1=O. The van der Waals surface area contributed by atoms with Crippen LogP contribution in [0.5, 0.6) is 11.5 Å². The van der Waals surface area contributed by atoms with E-state index in [1.54, 1.807) is 59.5 Å². The molecule has 0 aliphatic carbocycles. The Morgan fingerprint density at radius 1 is 0.844 bits per heavy atom. The summed E-state index contributed by atoms with van der Waals surface area (Å²) in [5.41, 5.74) is 2.60. The number of nitrogens with zero attached hydrogens (tertiary/aromatic N) is 2. The van der Waals surface area contributed by atoms with Crippen LogP contribution in [0, 0.1) is 0 Å². The molecule has 64 heavy (non-hydrogen) atoms. The van der Waals surface area contributed by atoms with Crippen LogP contribution >= 0.6 is 0 Å². The monoisotopic (exact) mass is 880 g/mol. The van der Waals surface area contributed by atoms with Gasteiger partial charge in [-0.25, -0.2) is 9.59 Å². The van der Waals surface area contributed by atoms with Crippen molar-refractivity contribution >= 4 is 35.6 Å². The Morgan fingerprint density at radius 3 is 2.25 bits per heavy atom. The number of aliphatic hydroxyl groups is 1. The molecule has 0 saturated carbocycles.